The van der Waals surface area contributed by atoms with Crippen LogP contribution in [-0.2, 0) is 17.9 Å². The van der Waals surface area contributed by atoms with E-state index < -0.39 is 0 Å². The SMILES string of the molecule is Nc1nc(CN2CCN(C(=O)Cn3nnc4ccccc43)CC2)nc2ccccc12. The lowest BCUT2D eigenvalue weighted by Gasteiger charge is -2.34. The predicted molar refractivity (Wildman–Crippen MR) is 113 cm³/mol. The van der Waals surface area contributed by atoms with Gasteiger partial charge in [-0.2, -0.15) is 0 Å². The zero-order valence-corrected chi connectivity index (χ0v) is 16.5. The molecule has 1 amide bonds. The Labute approximate surface area is 173 Å². The van der Waals surface area contributed by atoms with Gasteiger partial charge in [-0.25, -0.2) is 14.6 Å². The van der Waals surface area contributed by atoms with E-state index in [1.54, 1.807) is 4.68 Å². The number of aromatic nitrogens is 5. The highest BCUT2D eigenvalue weighted by atomic mass is 16.2. The fraction of sp³-hybridized carbons (Fsp3) is 0.286. The van der Waals surface area contributed by atoms with Crippen molar-refractivity contribution in [1.29, 1.82) is 0 Å². The van der Waals surface area contributed by atoms with Crippen LogP contribution < -0.4 is 5.73 Å². The molecule has 2 aromatic heterocycles. The van der Waals surface area contributed by atoms with Gasteiger partial charge in [-0.1, -0.05) is 29.5 Å². The van der Waals surface area contributed by atoms with Crippen molar-refractivity contribution in [2.24, 2.45) is 0 Å². The van der Waals surface area contributed by atoms with Crippen LogP contribution in [0.5, 0.6) is 0 Å². The van der Waals surface area contributed by atoms with Gasteiger partial charge >= 0.3 is 0 Å². The zero-order chi connectivity index (χ0) is 20.5. The van der Waals surface area contributed by atoms with E-state index in [-0.39, 0.29) is 12.5 Å². The van der Waals surface area contributed by atoms with Crippen molar-refractivity contribution >= 4 is 33.7 Å². The van der Waals surface area contributed by atoms with Crippen LogP contribution in [0.15, 0.2) is 48.5 Å². The van der Waals surface area contributed by atoms with E-state index in [0.29, 0.717) is 31.3 Å². The van der Waals surface area contributed by atoms with Gasteiger partial charge in [-0.15, -0.1) is 5.10 Å². The molecule has 5 rings (SSSR count). The Bertz CT molecular complexity index is 1210. The number of nitrogens with zero attached hydrogens (tertiary/aromatic N) is 7. The minimum absolute atomic E-state index is 0.0523. The summed E-state index contributed by atoms with van der Waals surface area (Å²) in [7, 11) is 0. The quantitative estimate of drug-likeness (QED) is 0.548. The first-order valence-electron chi connectivity index (χ1n) is 9.97. The van der Waals surface area contributed by atoms with Gasteiger partial charge in [0.05, 0.1) is 17.6 Å². The largest absolute Gasteiger partial charge is 0.383 e. The minimum atomic E-state index is 0.0523. The lowest BCUT2D eigenvalue weighted by Crippen LogP contribution is -2.49. The number of benzene rings is 2. The van der Waals surface area contributed by atoms with Crippen molar-refractivity contribution in [3.8, 4) is 0 Å². The third kappa shape index (κ3) is 3.55. The number of hydrogen-bond acceptors (Lipinski definition) is 7. The van der Waals surface area contributed by atoms with Crippen molar-refractivity contribution < 1.29 is 4.79 Å². The summed E-state index contributed by atoms with van der Waals surface area (Å²) in [6, 6.07) is 15.4. The van der Waals surface area contributed by atoms with E-state index in [2.05, 4.69) is 25.2 Å². The van der Waals surface area contributed by atoms with Crippen molar-refractivity contribution in [3.05, 3.63) is 54.4 Å². The number of piperazine rings is 1. The topological polar surface area (TPSA) is 106 Å². The number of carbonyl (C=O) groups is 1. The van der Waals surface area contributed by atoms with Crippen molar-refractivity contribution in [2.75, 3.05) is 31.9 Å². The number of fused-ring (bicyclic) bond motifs is 2. The van der Waals surface area contributed by atoms with Crippen LogP contribution in [-0.4, -0.2) is 66.8 Å². The summed E-state index contributed by atoms with van der Waals surface area (Å²) in [6.07, 6.45) is 0. The maximum Gasteiger partial charge on any atom is 0.244 e. The van der Waals surface area contributed by atoms with Crippen LogP contribution in [0.1, 0.15) is 5.82 Å². The van der Waals surface area contributed by atoms with E-state index in [4.69, 9.17) is 5.73 Å². The molecule has 0 bridgehead atoms. The second-order valence-electron chi connectivity index (χ2n) is 7.43. The van der Waals surface area contributed by atoms with Gasteiger partial charge in [0.1, 0.15) is 23.7 Å². The molecule has 30 heavy (non-hydrogen) atoms. The Morgan fingerprint density at radius 3 is 2.50 bits per heavy atom. The molecular formula is C21H22N8O. The molecule has 1 aliphatic rings. The predicted octanol–water partition coefficient (Wildman–Crippen LogP) is 1.30. The monoisotopic (exact) mass is 402 g/mol. The number of anilines is 1. The highest BCUT2D eigenvalue weighted by Gasteiger charge is 2.23. The zero-order valence-electron chi connectivity index (χ0n) is 16.5. The average Bonchev–Trinajstić information content (AvgIpc) is 3.17. The number of rotatable bonds is 4. The van der Waals surface area contributed by atoms with Gasteiger partial charge in [0.25, 0.3) is 0 Å². The molecule has 152 valence electrons. The fourth-order valence-electron chi connectivity index (χ4n) is 3.84. The first-order valence-corrected chi connectivity index (χ1v) is 9.97. The summed E-state index contributed by atoms with van der Waals surface area (Å²) in [5.41, 5.74) is 8.61. The van der Waals surface area contributed by atoms with Crippen LogP contribution in [0.4, 0.5) is 5.82 Å². The molecule has 0 atom stereocenters. The number of para-hydroxylation sites is 2. The van der Waals surface area contributed by atoms with Crippen LogP contribution in [0.25, 0.3) is 21.9 Å². The first kappa shape index (κ1) is 18.4. The molecule has 9 heteroatoms. The summed E-state index contributed by atoms with van der Waals surface area (Å²) in [5, 5.41) is 9.10. The second-order valence-corrected chi connectivity index (χ2v) is 7.43. The molecule has 9 nitrogen and oxygen atoms in total. The summed E-state index contributed by atoms with van der Waals surface area (Å²) < 4.78 is 1.66. The van der Waals surface area contributed by atoms with E-state index >= 15 is 0 Å². The van der Waals surface area contributed by atoms with Crippen molar-refractivity contribution in [1.82, 2.24) is 34.8 Å². The number of nitrogen functional groups attached to an aromatic ring is 1. The van der Waals surface area contributed by atoms with Gasteiger partial charge in [-0.3, -0.25) is 9.69 Å². The average molecular weight is 402 g/mol. The molecule has 2 aromatic carbocycles. The van der Waals surface area contributed by atoms with E-state index in [1.807, 2.05) is 53.4 Å². The normalized spacial score (nSPS) is 15.1. The molecule has 0 spiro atoms. The Balaban J connectivity index is 1.20. The smallest absolute Gasteiger partial charge is 0.244 e. The molecule has 0 radical (unpaired) electrons. The third-order valence-corrected chi connectivity index (χ3v) is 5.47. The fourth-order valence-corrected chi connectivity index (χ4v) is 3.84. The van der Waals surface area contributed by atoms with Crippen LogP contribution in [0.2, 0.25) is 0 Å². The molecule has 3 heterocycles. The molecule has 1 saturated heterocycles. The Morgan fingerprint density at radius 1 is 0.933 bits per heavy atom. The second kappa shape index (κ2) is 7.68. The van der Waals surface area contributed by atoms with Crippen LogP contribution in [0, 0.1) is 0 Å². The summed E-state index contributed by atoms with van der Waals surface area (Å²) in [6.45, 7) is 3.67. The van der Waals surface area contributed by atoms with Gasteiger partial charge in [-0.05, 0) is 24.3 Å². The Morgan fingerprint density at radius 2 is 1.67 bits per heavy atom. The standard InChI is InChI=1S/C21H22N8O/c22-21-15-5-1-2-6-16(15)23-19(24-21)13-27-9-11-28(12-10-27)20(30)14-29-18-8-4-3-7-17(18)25-26-29/h1-8H,9-14H2,(H2,22,23,24). The lowest BCUT2D eigenvalue weighted by molar-refractivity contribution is -0.133. The number of amides is 1. The molecule has 1 aliphatic heterocycles. The molecule has 1 fully saturated rings. The van der Waals surface area contributed by atoms with Gasteiger partial charge in [0.2, 0.25) is 5.91 Å². The number of hydrogen-bond donors (Lipinski definition) is 1. The third-order valence-electron chi connectivity index (χ3n) is 5.47. The maximum absolute atomic E-state index is 12.7. The summed E-state index contributed by atoms with van der Waals surface area (Å²) >= 11 is 0. The van der Waals surface area contributed by atoms with Gasteiger partial charge < -0.3 is 10.6 Å². The molecule has 4 aromatic rings. The molecule has 0 aliphatic carbocycles. The van der Waals surface area contributed by atoms with Gasteiger partial charge in [0, 0.05) is 31.6 Å². The maximum atomic E-state index is 12.7. The van der Waals surface area contributed by atoms with Gasteiger partial charge in [0.15, 0.2) is 0 Å². The van der Waals surface area contributed by atoms with Crippen molar-refractivity contribution in [2.45, 2.75) is 13.1 Å². The van der Waals surface area contributed by atoms with Crippen LogP contribution in [0.3, 0.4) is 0 Å². The highest BCUT2D eigenvalue weighted by Crippen LogP contribution is 2.18. The Hall–Kier alpha value is -3.59. The molecule has 0 saturated carbocycles. The van der Waals surface area contributed by atoms with Crippen LogP contribution >= 0.6 is 0 Å². The highest BCUT2D eigenvalue weighted by molar-refractivity contribution is 5.87. The summed E-state index contributed by atoms with van der Waals surface area (Å²) in [4.78, 5) is 26.0. The number of nitrogens with two attached hydrogens (primary N) is 1. The van der Waals surface area contributed by atoms with E-state index in [1.165, 1.54) is 0 Å². The Kier molecular flexibility index (Phi) is 4.72. The molecule has 0 unspecified atom stereocenters. The van der Waals surface area contributed by atoms with E-state index in [9.17, 15) is 4.79 Å². The molecular weight excluding hydrogens is 380 g/mol. The molecule has 2 N–H and O–H groups in total. The summed E-state index contributed by atoms with van der Waals surface area (Å²) in [5.74, 6) is 1.26. The minimum Gasteiger partial charge on any atom is -0.383 e. The first-order chi connectivity index (χ1) is 14.7. The number of carbonyl (C=O) groups excluding carboxylic acids is 1. The van der Waals surface area contributed by atoms with Crippen molar-refractivity contribution in [3.63, 3.8) is 0 Å². The van der Waals surface area contributed by atoms with E-state index in [0.717, 1.165) is 35.0 Å². The lowest BCUT2D eigenvalue weighted by atomic mass is 10.2.